The van der Waals surface area contributed by atoms with Crippen molar-refractivity contribution in [1.82, 2.24) is 25.1 Å². The van der Waals surface area contributed by atoms with Crippen LogP contribution in [-0.2, 0) is 17.9 Å². The van der Waals surface area contributed by atoms with Crippen molar-refractivity contribution >= 4 is 34.4 Å². The number of amides is 1. The standard InChI is InChI=1S/C18H20ClFN6O/c1-3-25(4-2)17-13-9-24-26(18(13)23-11-22-17)10-16(27)21-8-12-5-6-15(20)14(19)7-12/h5-7,9,11H,3-4,8,10H2,1-2H3,(H,21,27). The number of halogens is 2. The van der Waals surface area contributed by atoms with Crippen molar-refractivity contribution in [2.75, 3.05) is 18.0 Å². The van der Waals surface area contributed by atoms with E-state index in [1.54, 1.807) is 12.3 Å². The molecule has 0 fully saturated rings. The number of benzene rings is 1. The second-order valence-electron chi connectivity index (χ2n) is 5.93. The number of carbonyl (C=O) groups excluding carboxylic acids is 1. The maximum Gasteiger partial charge on any atom is 0.242 e. The number of hydrogen-bond acceptors (Lipinski definition) is 5. The molecule has 7 nitrogen and oxygen atoms in total. The first-order valence-corrected chi connectivity index (χ1v) is 9.03. The zero-order valence-electron chi connectivity index (χ0n) is 15.1. The molecule has 27 heavy (non-hydrogen) atoms. The van der Waals surface area contributed by atoms with Gasteiger partial charge in [0.1, 0.15) is 24.5 Å². The third-order valence-electron chi connectivity index (χ3n) is 4.24. The van der Waals surface area contributed by atoms with Crippen LogP contribution in [0.2, 0.25) is 5.02 Å². The fourth-order valence-electron chi connectivity index (χ4n) is 2.81. The molecule has 1 aromatic carbocycles. The van der Waals surface area contributed by atoms with Crippen LogP contribution < -0.4 is 10.2 Å². The molecule has 0 saturated heterocycles. The van der Waals surface area contributed by atoms with E-state index in [1.165, 1.54) is 23.1 Å². The number of anilines is 1. The maximum absolute atomic E-state index is 13.2. The number of fused-ring (bicyclic) bond motifs is 1. The van der Waals surface area contributed by atoms with Crippen LogP contribution in [0.1, 0.15) is 19.4 Å². The predicted molar refractivity (Wildman–Crippen MR) is 102 cm³/mol. The number of rotatable bonds is 7. The molecule has 1 amide bonds. The minimum absolute atomic E-state index is 0.0210. The summed E-state index contributed by atoms with van der Waals surface area (Å²) in [5.74, 6) is 0.0829. The topological polar surface area (TPSA) is 75.9 Å². The average molecular weight is 391 g/mol. The second-order valence-corrected chi connectivity index (χ2v) is 6.34. The smallest absolute Gasteiger partial charge is 0.242 e. The van der Waals surface area contributed by atoms with E-state index in [1.807, 2.05) is 0 Å². The minimum atomic E-state index is -0.488. The fourth-order valence-corrected chi connectivity index (χ4v) is 3.02. The highest BCUT2D eigenvalue weighted by molar-refractivity contribution is 6.30. The first-order chi connectivity index (χ1) is 13.0. The third-order valence-corrected chi connectivity index (χ3v) is 4.53. The van der Waals surface area contributed by atoms with Crippen LogP contribution in [0, 0.1) is 5.82 Å². The lowest BCUT2D eigenvalue weighted by molar-refractivity contribution is -0.121. The van der Waals surface area contributed by atoms with Crippen molar-refractivity contribution in [2.24, 2.45) is 0 Å². The van der Waals surface area contributed by atoms with Gasteiger partial charge in [0.15, 0.2) is 5.65 Å². The summed E-state index contributed by atoms with van der Waals surface area (Å²) in [5, 5.41) is 7.89. The number of hydrogen-bond donors (Lipinski definition) is 1. The predicted octanol–water partition coefficient (Wildman–Crippen LogP) is 2.78. The van der Waals surface area contributed by atoms with Crippen LogP contribution in [-0.4, -0.2) is 38.7 Å². The van der Waals surface area contributed by atoms with Gasteiger partial charge in [-0.05, 0) is 31.5 Å². The molecule has 0 aliphatic heterocycles. The maximum atomic E-state index is 13.2. The number of carbonyl (C=O) groups is 1. The Morgan fingerprint density at radius 3 is 2.78 bits per heavy atom. The summed E-state index contributed by atoms with van der Waals surface area (Å²) in [5.41, 5.74) is 1.32. The summed E-state index contributed by atoms with van der Waals surface area (Å²) in [7, 11) is 0. The molecule has 0 radical (unpaired) electrons. The summed E-state index contributed by atoms with van der Waals surface area (Å²) in [4.78, 5) is 23.0. The molecule has 1 N–H and O–H groups in total. The van der Waals surface area contributed by atoms with Crippen LogP contribution in [0.5, 0.6) is 0 Å². The van der Waals surface area contributed by atoms with E-state index in [9.17, 15) is 9.18 Å². The van der Waals surface area contributed by atoms with Gasteiger partial charge < -0.3 is 10.2 Å². The number of aromatic nitrogens is 4. The van der Waals surface area contributed by atoms with Gasteiger partial charge in [-0.2, -0.15) is 5.10 Å². The van der Waals surface area contributed by atoms with Gasteiger partial charge in [0.25, 0.3) is 0 Å². The van der Waals surface area contributed by atoms with Gasteiger partial charge in [-0.25, -0.2) is 19.0 Å². The van der Waals surface area contributed by atoms with Crippen molar-refractivity contribution in [1.29, 1.82) is 0 Å². The van der Waals surface area contributed by atoms with Gasteiger partial charge in [-0.15, -0.1) is 0 Å². The van der Waals surface area contributed by atoms with Crippen LogP contribution in [0.25, 0.3) is 11.0 Å². The van der Waals surface area contributed by atoms with E-state index in [-0.39, 0.29) is 24.0 Å². The Morgan fingerprint density at radius 1 is 1.30 bits per heavy atom. The molecular weight excluding hydrogens is 371 g/mol. The van der Waals surface area contributed by atoms with Crippen LogP contribution in [0.3, 0.4) is 0 Å². The molecule has 0 atom stereocenters. The number of nitrogens with zero attached hydrogens (tertiary/aromatic N) is 5. The highest BCUT2D eigenvalue weighted by atomic mass is 35.5. The van der Waals surface area contributed by atoms with Gasteiger partial charge in [0.05, 0.1) is 16.6 Å². The Kier molecular flexibility index (Phi) is 5.85. The summed E-state index contributed by atoms with van der Waals surface area (Å²) in [6.07, 6.45) is 3.16. The molecule has 142 valence electrons. The van der Waals surface area contributed by atoms with Crippen molar-refractivity contribution in [3.8, 4) is 0 Å². The highest BCUT2D eigenvalue weighted by Crippen LogP contribution is 2.22. The molecule has 0 spiro atoms. The van der Waals surface area contributed by atoms with Gasteiger partial charge >= 0.3 is 0 Å². The summed E-state index contributed by atoms with van der Waals surface area (Å²) < 4.78 is 14.7. The van der Waals surface area contributed by atoms with Crippen molar-refractivity contribution < 1.29 is 9.18 Å². The molecule has 3 aromatic rings. The lowest BCUT2D eigenvalue weighted by Crippen LogP contribution is -2.27. The van der Waals surface area contributed by atoms with Gasteiger partial charge in [0.2, 0.25) is 5.91 Å². The molecule has 0 bridgehead atoms. The summed E-state index contributed by atoms with van der Waals surface area (Å²) in [6.45, 7) is 6.00. The zero-order chi connectivity index (χ0) is 19.4. The van der Waals surface area contributed by atoms with Gasteiger partial charge in [-0.1, -0.05) is 17.7 Å². The molecule has 0 aliphatic rings. The largest absolute Gasteiger partial charge is 0.356 e. The van der Waals surface area contributed by atoms with Crippen molar-refractivity contribution in [3.63, 3.8) is 0 Å². The van der Waals surface area contributed by atoms with Crippen molar-refractivity contribution in [2.45, 2.75) is 26.9 Å². The lowest BCUT2D eigenvalue weighted by Gasteiger charge is -2.19. The zero-order valence-corrected chi connectivity index (χ0v) is 15.9. The monoisotopic (exact) mass is 390 g/mol. The normalized spacial score (nSPS) is 11.0. The first kappa shape index (κ1) is 19.0. The molecule has 9 heteroatoms. The Morgan fingerprint density at radius 2 is 2.07 bits per heavy atom. The minimum Gasteiger partial charge on any atom is -0.356 e. The van der Waals surface area contributed by atoms with E-state index in [2.05, 4.69) is 39.1 Å². The Hall–Kier alpha value is -2.74. The Balaban J connectivity index is 1.71. The first-order valence-electron chi connectivity index (χ1n) is 8.65. The van der Waals surface area contributed by atoms with Crippen LogP contribution in [0.15, 0.2) is 30.7 Å². The molecule has 2 aromatic heterocycles. The van der Waals surface area contributed by atoms with E-state index in [0.29, 0.717) is 11.2 Å². The molecule has 2 heterocycles. The van der Waals surface area contributed by atoms with E-state index < -0.39 is 5.82 Å². The fraction of sp³-hybridized carbons (Fsp3) is 0.333. The molecule has 0 unspecified atom stereocenters. The number of nitrogens with one attached hydrogen (secondary N) is 1. The van der Waals surface area contributed by atoms with E-state index >= 15 is 0 Å². The molecule has 0 aliphatic carbocycles. The van der Waals surface area contributed by atoms with Gasteiger partial charge in [0, 0.05) is 19.6 Å². The third kappa shape index (κ3) is 4.16. The molecule has 3 rings (SSSR count). The van der Waals surface area contributed by atoms with Gasteiger partial charge in [-0.3, -0.25) is 4.79 Å². The van der Waals surface area contributed by atoms with Crippen LogP contribution in [0.4, 0.5) is 10.2 Å². The SMILES string of the molecule is CCN(CC)c1ncnc2c1cnn2CC(=O)NCc1ccc(F)c(Cl)c1. The lowest BCUT2D eigenvalue weighted by atomic mass is 10.2. The summed E-state index contributed by atoms with van der Waals surface area (Å²) >= 11 is 5.75. The average Bonchev–Trinajstić information content (AvgIpc) is 3.07. The van der Waals surface area contributed by atoms with E-state index in [4.69, 9.17) is 11.6 Å². The molecular formula is C18H20ClFN6O. The van der Waals surface area contributed by atoms with Crippen LogP contribution >= 0.6 is 11.6 Å². The second kappa shape index (κ2) is 8.30. The van der Waals surface area contributed by atoms with Crippen molar-refractivity contribution in [3.05, 3.63) is 47.1 Å². The Labute approximate surface area is 161 Å². The molecule has 0 saturated carbocycles. The Bertz CT molecular complexity index is 956. The quantitative estimate of drug-likeness (QED) is 0.671. The highest BCUT2D eigenvalue weighted by Gasteiger charge is 2.15. The summed E-state index contributed by atoms with van der Waals surface area (Å²) in [6, 6.07) is 4.34. The van der Waals surface area contributed by atoms with E-state index in [0.717, 1.165) is 24.3 Å².